The first kappa shape index (κ1) is 12.1. The Morgan fingerprint density at radius 1 is 1.44 bits per heavy atom. The zero-order chi connectivity index (χ0) is 12.5. The zero-order valence-corrected chi connectivity index (χ0v) is 12.0. The van der Waals surface area contributed by atoms with Crippen molar-refractivity contribution in [3.8, 4) is 10.6 Å². The molecule has 1 unspecified atom stereocenters. The molecule has 1 N–H and O–H groups in total. The molecule has 0 spiro atoms. The summed E-state index contributed by atoms with van der Waals surface area (Å²) in [6.45, 7) is 2.90. The fourth-order valence-electron chi connectivity index (χ4n) is 2.06. The normalized spacial score (nSPS) is 19.3. The average molecular weight is 281 g/mol. The van der Waals surface area contributed by atoms with Crippen LogP contribution in [0.15, 0.2) is 5.38 Å². The van der Waals surface area contributed by atoms with Crippen LogP contribution in [0.1, 0.15) is 29.6 Å². The van der Waals surface area contributed by atoms with E-state index in [1.54, 1.807) is 22.7 Å². The molecule has 0 saturated carbocycles. The van der Waals surface area contributed by atoms with E-state index >= 15 is 0 Å². The number of rotatable bonds is 3. The molecule has 1 atom stereocenters. The molecule has 6 heteroatoms. The monoisotopic (exact) mass is 281 g/mol. The van der Waals surface area contributed by atoms with Gasteiger partial charge in [-0.05, 0) is 19.8 Å². The molecule has 96 valence electrons. The number of ether oxygens (including phenoxy) is 1. The number of nitrogens with one attached hydrogen (secondary N) is 1. The number of nitrogens with zero attached hydrogens (tertiary/aromatic N) is 2. The van der Waals surface area contributed by atoms with E-state index in [-0.39, 0.29) is 6.10 Å². The molecular weight excluding hydrogens is 266 g/mol. The van der Waals surface area contributed by atoms with Crippen LogP contribution in [0.25, 0.3) is 10.6 Å². The molecule has 1 aliphatic heterocycles. The fraction of sp³-hybridized carbons (Fsp3) is 0.500. The number of aromatic nitrogens is 2. The van der Waals surface area contributed by atoms with Crippen molar-refractivity contribution in [2.24, 2.45) is 0 Å². The predicted molar refractivity (Wildman–Crippen MR) is 75.4 cm³/mol. The fourth-order valence-corrected chi connectivity index (χ4v) is 3.91. The van der Waals surface area contributed by atoms with Crippen LogP contribution in [0.4, 0.5) is 5.13 Å². The number of anilines is 1. The molecule has 0 bridgehead atoms. The number of hydrogen-bond donors (Lipinski definition) is 1. The van der Waals surface area contributed by atoms with Gasteiger partial charge in [-0.3, -0.25) is 0 Å². The van der Waals surface area contributed by atoms with Crippen molar-refractivity contribution in [1.29, 1.82) is 0 Å². The van der Waals surface area contributed by atoms with Crippen LogP contribution in [0.3, 0.4) is 0 Å². The Morgan fingerprint density at radius 3 is 3.00 bits per heavy atom. The van der Waals surface area contributed by atoms with Gasteiger partial charge in [0.15, 0.2) is 5.13 Å². The van der Waals surface area contributed by atoms with Crippen molar-refractivity contribution in [2.75, 3.05) is 19.0 Å². The smallest absolute Gasteiger partial charge is 0.182 e. The van der Waals surface area contributed by atoms with Crippen molar-refractivity contribution in [3.05, 3.63) is 16.1 Å². The van der Waals surface area contributed by atoms with Crippen molar-refractivity contribution < 1.29 is 4.74 Å². The van der Waals surface area contributed by atoms with Crippen LogP contribution in [-0.4, -0.2) is 23.6 Å². The molecule has 1 aliphatic rings. The molecule has 0 aromatic carbocycles. The summed E-state index contributed by atoms with van der Waals surface area (Å²) < 4.78 is 5.69. The van der Waals surface area contributed by atoms with Gasteiger partial charge < -0.3 is 10.1 Å². The van der Waals surface area contributed by atoms with Crippen LogP contribution in [0.5, 0.6) is 0 Å². The third-order valence-electron chi connectivity index (χ3n) is 2.97. The van der Waals surface area contributed by atoms with Crippen LogP contribution >= 0.6 is 22.7 Å². The lowest BCUT2D eigenvalue weighted by molar-refractivity contribution is 0.111. The minimum atomic E-state index is 0.199. The second-order valence-electron chi connectivity index (χ2n) is 4.26. The SMILES string of the molecule is CNc1nc(-c2sc(C3CCCO3)nc2C)cs1. The lowest BCUT2D eigenvalue weighted by Crippen LogP contribution is -1.94. The highest BCUT2D eigenvalue weighted by molar-refractivity contribution is 7.16. The Hall–Kier alpha value is -0.980. The maximum Gasteiger partial charge on any atom is 0.182 e. The molecule has 1 fully saturated rings. The molecule has 0 radical (unpaired) electrons. The maximum absolute atomic E-state index is 5.69. The molecule has 3 heterocycles. The summed E-state index contributed by atoms with van der Waals surface area (Å²) in [7, 11) is 1.89. The lowest BCUT2D eigenvalue weighted by Gasteiger charge is -2.03. The van der Waals surface area contributed by atoms with Crippen LogP contribution in [0.2, 0.25) is 0 Å². The number of hydrogen-bond acceptors (Lipinski definition) is 6. The molecule has 3 rings (SSSR count). The molecule has 0 amide bonds. The van der Waals surface area contributed by atoms with Gasteiger partial charge in [-0.15, -0.1) is 22.7 Å². The molecule has 18 heavy (non-hydrogen) atoms. The summed E-state index contributed by atoms with van der Waals surface area (Å²) >= 11 is 3.33. The van der Waals surface area contributed by atoms with Crippen molar-refractivity contribution in [3.63, 3.8) is 0 Å². The maximum atomic E-state index is 5.69. The van der Waals surface area contributed by atoms with E-state index in [1.165, 1.54) is 4.88 Å². The van der Waals surface area contributed by atoms with Gasteiger partial charge in [-0.25, -0.2) is 9.97 Å². The van der Waals surface area contributed by atoms with Crippen LogP contribution in [0, 0.1) is 6.92 Å². The quantitative estimate of drug-likeness (QED) is 0.936. The zero-order valence-electron chi connectivity index (χ0n) is 10.4. The Bertz CT molecular complexity index is 543. The summed E-state index contributed by atoms with van der Waals surface area (Å²) in [5.41, 5.74) is 2.07. The minimum Gasteiger partial charge on any atom is -0.371 e. The van der Waals surface area contributed by atoms with Gasteiger partial charge in [-0.1, -0.05) is 0 Å². The summed E-state index contributed by atoms with van der Waals surface area (Å²) in [6, 6.07) is 0. The second-order valence-corrected chi connectivity index (χ2v) is 6.14. The van der Waals surface area contributed by atoms with Gasteiger partial charge in [0.25, 0.3) is 0 Å². The Labute approximate surface area is 114 Å². The van der Waals surface area contributed by atoms with Crippen molar-refractivity contribution in [2.45, 2.75) is 25.9 Å². The van der Waals surface area contributed by atoms with Gasteiger partial charge in [0.05, 0.1) is 16.3 Å². The Balaban J connectivity index is 1.92. The van der Waals surface area contributed by atoms with E-state index < -0.39 is 0 Å². The van der Waals surface area contributed by atoms with Gasteiger partial charge in [0, 0.05) is 19.0 Å². The van der Waals surface area contributed by atoms with E-state index in [0.29, 0.717) is 0 Å². The second kappa shape index (κ2) is 4.95. The first-order valence-corrected chi connectivity index (χ1v) is 7.70. The number of thiazole rings is 2. The third kappa shape index (κ3) is 2.15. The molecule has 4 nitrogen and oxygen atoms in total. The van der Waals surface area contributed by atoms with Crippen LogP contribution < -0.4 is 5.32 Å². The van der Waals surface area contributed by atoms with Gasteiger partial charge >= 0.3 is 0 Å². The van der Waals surface area contributed by atoms with E-state index in [4.69, 9.17) is 4.74 Å². The van der Waals surface area contributed by atoms with Crippen molar-refractivity contribution in [1.82, 2.24) is 9.97 Å². The first-order chi connectivity index (χ1) is 8.78. The van der Waals surface area contributed by atoms with Gasteiger partial charge in [-0.2, -0.15) is 0 Å². The largest absolute Gasteiger partial charge is 0.371 e. The molecule has 2 aromatic heterocycles. The Morgan fingerprint density at radius 2 is 2.33 bits per heavy atom. The summed E-state index contributed by atoms with van der Waals surface area (Å²) in [5, 5.41) is 7.18. The highest BCUT2D eigenvalue weighted by atomic mass is 32.1. The highest BCUT2D eigenvalue weighted by Gasteiger charge is 2.23. The van der Waals surface area contributed by atoms with Gasteiger partial charge in [0.1, 0.15) is 11.1 Å². The first-order valence-electron chi connectivity index (χ1n) is 6.00. The third-order valence-corrected chi connectivity index (χ3v) is 5.10. The summed E-state index contributed by atoms with van der Waals surface area (Å²) in [6.07, 6.45) is 2.43. The lowest BCUT2D eigenvalue weighted by atomic mass is 10.2. The average Bonchev–Trinajstić information content (AvgIpc) is 3.08. The minimum absolute atomic E-state index is 0.199. The Kier molecular flexibility index (Phi) is 3.32. The molecule has 1 saturated heterocycles. The standard InChI is InChI=1S/C12H15N3OS2/c1-7-10(8-6-17-12(13-2)15-8)18-11(14-7)9-4-3-5-16-9/h6,9H,3-5H2,1-2H3,(H,13,15). The molecule has 0 aliphatic carbocycles. The van der Waals surface area contributed by atoms with E-state index in [9.17, 15) is 0 Å². The summed E-state index contributed by atoms with van der Waals surface area (Å²) in [5.74, 6) is 0. The molecule has 2 aromatic rings. The van der Waals surface area contributed by atoms with Crippen molar-refractivity contribution >= 4 is 27.8 Å². The predicted octanol–water partition coefficient (Wildman–Crippen LogP) is 3.47. The van der Waals surface area contributed by atoms with E-state index in [2.05, 4.69) is 20.7 Å². The topological polar surface area (TPSA) is 47.0 Å². The summed E-state index contributed by atoms with van der Waals surface area (Å²) in [4.78, 5) is 10.3. The van der Waals surface area contributed by atoms with E-state index in [1.807, 2.05) is 14.0 Å². The van der Waals surface area contributed by atoms with E-state index in [0.717, 1.165) is 41.0 Å². The van der Waals surface area contributed by atoms with Gasteiger partial charge in [0.2, 0.25) is 0 Å². The molecular formula is C12H15N3OS2. The van der Waals surface area contributed by atoms with Crippen LogP contribution in [-0.2, 0) is 4.74 Å². The number of aryl methyl sites for hydroxylation is 1. The highest BCUT2D eigenvalue weighted by Crippen LogP contribution is 2.38.